The van der Waals surface area contributed by atoms with Crippen molar-refractivity contribution in [3.63, 3.8) is 0 Å². The minimum absolute atomic E-state index is 0.301. The fourth-order valence-corrected chi connectivity index (χ4v) is 4.00. The molecule has 1 unspecified atom stereocenters. The van der Waals surface area contributed by atoms with E-state index in [0.717, 1.165) is 26.1 Å². The lowest BCUT2D eigenvalue weighted by Crippen LogP contribution is -2.39. The normalized spacial score (nSPS) is 18.8. The first-order valence-electron chi connectivity index (χ1n) is 8.96. The first-order valence-corrected chi connectivity index (χ1v) is 8.96. The number of hydrogen-bond donors (Lipinski definition) is 0. The number of hydrogen-bond acceptors (Lipinski definition) is 2. The summed E-state index contributed by atoms with van der Waals surface area (Å²) in [6.07, 6.45) is 7.28. The lowest BCUT2D eigenvalue weighted by atomic mass is 9.64. The van der Waals surface area contributed by atoms with Crippen LogP contribution in [0.4, 0.5) is 0 Å². The highest BCUT2D eigenvalue weighted by molar-refractivity contribution is 5.34. The number of benzene rings is 1. The fourth-order valence-electron chi connectivity index (χ4n) is 4.00. The molecule has 1 aromatic carbocycles. The highest BCUT2D eigenvalue weighted by Gasteiger charge is 2.41. The highest BCUT2D eigenvalue weighted by atomic mass is 15.1. The van der Waals surface area contributed by atoms with E-state index in [1.165, 1.54) is 37.7 Å². The molecule has 120 valence electrons. The molecule has 1 aromatic rings. The van der Waals surface area contributed by atoms with Gasteiger partial charge in [-0.25, -0.2) is 0 Å². The van der Waals surface area contributed by atoms with Gasteiger partial charge < -0.3 is 4.90 Å². The molecule has 1 fully saturated rings. The van der Waals surface area contributed by atoms with Gasteiger partial charge in [-0.1, -0.05) is 63.4 Å². The molecule has 0 aliphatic heterocycles. The number of nitriles is 1. The molecule has 0 N–H and O–H groups in total. The summed E-state index contributed by atoms with van der Waals surface area (Å²) < 4.78 is 0. The van der Waals surface area contributed by atoms with Gasteiger partial charge in [-0.2, -0.15) is 5.26 Å². The summed E-state index contributed by atoms with van der Waals surface area (Å²) in [7, 11) is 0. The maximum atomic E-state index is 10.2. The molecule has 1 aliphatic rings. The van der Waals surface area contributed by atoms with Crippen molar-refractivity contribution in [2.75, 3.05) is 19.6 Å². The molecule has 2 rings (SSSR count). The Balaban J connectivity index is 2.28. The molecule has 0 bridgehead atoms. The van der Waals surface area contributed by atoms with E-state index >= 15 is 0 Å². The van der Waals surface area contributed by atoms with Crippen molar-refractivity contribution in [3.05, 3.63) is 35.9 Å². The second-order valence-corrected chi connectivity index (χ2v) is 6.56. The molecule has 0 radical (unpaired) electrons. The van der Waals surface area contributed by atoms with Gasteiger partial charge in [-0.05, 0) is 50.4 Å². The van der Waals surface area contributed by atoms with E-state index < -0.39 is 0 Å². The van der Waals surface area contributed by atoms with E-state index in [2.05, 4.69) is 55.1 Å². The van der Waals surface area contributed by atoms with Gasteiger partial charge in [0.2, 0.25) is 0 Å². The quantitative estimate of drug-likeness (QED) is 0.725. The molecular weight excluding hydrogens is 268 g/mol. The Bertz CT molecular complexity index is 466. The van der Waals surface area contributed by atoms with Gasteiger partial charge >= 0.3 is 0 Å². The number of nitrogens with zero attached hydrogens (tertiary/aromatic N) is 2. The van der Waals surface area contributed by atoms with Gasteiger partial charge in [0.15, 0.2) is 0 Å². The molecule has 0 amide bonds. The Morgan fingerprint density at radius 1 is 1.09 bits per heavy atom. The number of rotatable bonds is 7. The van der Waals surface area contributed by atoms with E-state index in [9.17, 15) is 5.26 Å². The summed E-state index contributed by atoms with van der Waals surface area (Å²) >= 11 is 0. The van der Waals surface area contributed by atoms with E-state index in [4.69, 9.17) is 0 Å². The third kappa shape index (κ3) is 3.70. The standard InChI is InChI=1S/C20H30N2/c1-3-22(4-2)16-15-20(17-21,18-11-7-5-8-12-18)19-13-9-6-10-14-19/h5,7-8,11-12,19H,3-4,6,9-10,13-16H2,1-2H3. The average molecular weight is 298 g/mol. The smallest absolute Gasteiger partial charge is 0.0862 e. The summed E-state index contributed by atoms with van der Waals surface area (Å²) in [5.41, 5.74) is 0.932. The first kappa shape index (κ1) is 17.0. The van der Waals surface area contributed by atoms with Crippen molar-refractivity contribution < 1.29 is 0 Å². The molecule has 1 aliphatic carbocycles. The van der Waals surface area contributed by atoms with Gasteiger partial charge in [0.1, 0.15) is 0 Å². The average Bonchev–Trinajstić information content (AvgIpc) is 2.61. The lowest BCUT2D eigenvalue weighted by molar-refractivity contribution is 0.203. The van der Waals surface area contributed by atoms with Gasteiger partial charge in [-0.3, -0.25) is 0 Å². The highest BCUT2D eigenvalue weighted by Crippen LogP contribution is 2.43. The minimum atomic E-state index is -0.301. The molecule has 0 heterocycles. The fraction of sp³-hybridized carbons (Fsp3) is 0.650. The van der Waals surface area contributed by atoms with E-state index in [-0.39, 0.29) is 5.41 Å². The van der Waals surface area contributed by atoms with Crippen LogP contribution in [0, 0.1) is 17.2 Å². The van der Waals surface area contributed by atoms with Crippen LogP contribution in [0.3, 0.4) is 0 Å². The monoisotopic (exact) mass is 298 g/mol. The lowest BCUT2D eigenvalue weighted by Gasteiger charge is -2.39. The largest absolute Gasteiger partial charge is 0.304 e. The zero-order chi connectivity index (χ0) is 15.8. The Morgan fingerprint density at radius 3 is 2.27 bits per heavy atom. The Labute approximate surface area is 136 Å². The van der Waals surface area contributed by atoms with Crippen LogP contribution in [0.15, 0.2) is 30.3 Å². The van der Waals surface area contributed by atoms with Gasteiger partial charge in [0, 0.05) is 0 Å². The molecule has 0 saturated heterocycles. The molecule has 1 atom stereocenters. The summed E-state index contributed by atoms with van der Waals surface area (Å²) in [5.74, 6) is 0.518. The maximum Gasteiger partial charge on any atom is 0.0862 e. The van der Waals surface area contributed by atoms with Crippen molar-refractivity contribution in [3.8, 4) is 6.07 Å². The second kappa shape index (κ2) is 8.34. The summed E-state index contributed by atoms with van der Waals surface area (Å²) in [6, 6.07) is 13.3. The predicted octanol–water partition coefficient (Wildman–Crippen LogP) is 4.76. The minimum Gasteiger partial charge on any atom is -0.304 e. The first-order chi connectivity index (χ1) is 10.8. The predicted molar refractivity (Wildman–Crippen MR) is 92.7 cm³/mol. The van der Waals surface area contributed by atoms with Crippen molar-refractivity contribution in [2.24, 2.45) is 5.92 Å². The van der Waals surface area contributed by atoms with Crippen LogP contribution in [0.1, 0.15) is 57.9 Å². The van der Waals surface area contributed by atoms with Crippen LogP contribution in [0.25, 0.3) is 0 Å². The van der Waals surface area contributed by atoms with Crippen LogP contribution in [-0.2, 0) is 5.41 Å². The van der Waals surface area contributed by atoms with Gasteiger partial charge in [-0.15, -0.1) is 0 Å². The summed E-state index contributed by atoms with van der Waals surface area (Å²) in [6.45, 7) is 7.57. The van der Waals surface area contributed by atoms with Crippen molar-refractivity contribution in [1.29, 1.82) is 5.26 Å². The summed E-state index contributed by atoms with van der Waals surface area (Å²) in [4.78, 5) is 2.44. The zero-order valence-electron chi connectivity index (χ0n) is 14.2. The molecule has 2 nitrogen and oxygen atoms in total. The Kier molecular flexibility index (Phi) is 6.46. The second-order valence-electron chi connectivity index (χ2n) is 6.56. The molecule has 22 heavy (non-hydrogen) atoms. The molecule has 0 aromatic heterocycles. The van der Waals surface area contributed by atoms with E-state index in [1.54, 1.807) is 0 Å². The van der Waals surface area contributed by atoms with E-state index in [1.807, 2.05) is 0 Å². The van der Waals surface area contributed by atoms with Crippen LogP contribution >= 0.6 is 0 Å². The topological polar surface area (TPSA) is 27.0 Å². The van der Waals surface area contributed by atoms with Crippen LogP contribution in [0.5, 0.6) is 0 Å². The van der Waals surface area contributed by atoms with Gasteiger partial charge in [0.25, 0.3) is 0 Å². The van der Waals surface area contributed by atoms with Gasteiger partial charge in [0.05, 0.1) is 11.5 Å². The summed E-state index contributed by atoms with van der Waals surface area (Å²) in [5, 5.41) is 10.2. The Hall–Kier alpha value is -1.33. The van der Waals surface area contributed by atoms with Crippen LogP contribution in [-0.4, -0.2) is 24.5 Å². The zero-order valence-corrected chi connectivity index (χ0v) is 14.2. The van der Waals surface area contributed by atoms with Crippen LogP contribution in [0.2, 0.25) is 0 Å². The van der Waals surface area contributed by atoms with Crippen molar-refractivity contribution >= 4 is 0 Å². The maximum absolute atomic E-state index is 10.2. The van der Waals surface area contributed by atoms with Crippen molar-refractivity contribution in [2.45, 2.75) is 57.8 Å². The van der Waals surface area contributed by atoms with Crippen molar-refractivity contribution in [1.82, 2.24) is 4.90 Å². The molecule has 2 heteroatoms. The Morgan fingerprint density at radius 2 is 1.73 bits per heavy atom. The third-order valence-electron chi connectivity index (χ3n) is 5.51. The SMILES string of the molecule is CCN(CC)CCC(C#N)(c1ccccc1)C1CCCCC1. The third-order valence-corrected chi connectivity index (χ3v) is 5.51. The molecule has 0 spiro atoms. The molecular formula is C20H30N2. The van der Waals surface area contributed by atoms with Crippen LogP contribution < -0.4 is 0 Å². The van der Waals surface area contributed by atoms with E-state index in [0.29, 0.717) is 5.92 Å². The molecule has 1 saturated carbocycles.